The third-order valence-electron chi connectivity index (χ3n) is 7.82. The molecule has 1 aromatic heterocycles. The van der Waals surface area contributed by atoms with Crippen molar-refractivity contribution in [2.75, 3.05) is 44.7 Å². The molecule has 2 fully saturated rings. The number of benzene rings is 1. The molecule has 7 nitrogen and oxygen atoms in total. The Bertz CT molecular complexity index is 1020. The van der Waals surface area contributed by atoms with Crippen molar-refractivity contribution in [3.8, 4) is 5.75 Å². The molecular weight excluding hydrogens is 454 g/mol. The molecule has 0 amide bonds. The van der Waals surface area contributed by atoms with Gasteiger partial charge in [-0.3, -0.25) is 4.79 Å². The molecule has 3 unspecified atom stereocenters. The predicted octanol–water partition coefficient (Wildman–Crippen LogP) is 4.51. The number of ether oxygens (including phenoxy) is 2. The Hall–Kier alpha value is -2.64. The number of nitrogens with one attached hydrogen (secondary N) is 1. The van der Waals surface area contributed by atoms with Gasteiger partial charge in [-0.2, -0.15) is 0 Å². The Kier molecular flexibility index (Phi) is 8.39. The van der Waals surface area contributed by atoms with Gasteiger partial charge in [0.25, 0.3) is 0 Å². The highest BCUT2D eigenvalue weighted by Gasteiger charge is 2.27. The molecule has 194 valence electrons. The number of hydrogen-bond donors (Lipinski definition) is 2. The van der Waals surface area contributed by atoms with Crippen LogP contribution in [0.3, 0.4) is 0 Å². The molecule has 1 aromatic carbocycles. The standard InChI is InChI=1S/C29H39N3O4/c33-28(34)17-24(23-4-1-6-26(16-23)36-20-27-7-3-15-35-27)19-32-14-12-21(18-32)8-10-25-11-9-22-5-2-13-30-29(22)31-25/h1,4,6,9,11,16,21,24,27H,2-3,5,7-8,10,12-15,17-20H2,(H,30,31)(H,33,34). The van der Waals surface area contributed by atoms with Crippen molar-refractivity contribution in [1.82, 2.24) is 9.88 Å². The van der Waals surface area contributed by atoms with E-state index in [4.69, 9.17) is 14.5 Å². The zero-order chi connectivity index (χ0) is 24.7. The summed E-state index contributed by atoms with van der Waals surface area (Å²) in [6, 6.07) is 12.4. The van der Waals surface area contributed by atoms with Gasteiger partial charge in [0.15, 0.2) is 0 Å². The molecule has 5 rings (SSSR count). The van der Waals surface area contributed by atoms with Crippen molar-refractivity contribution in [2.24, 2.45) is 5.92 Å². The number of aromatic nitrogens is 1. The number of carbonyl (C=O) groups is 1. The Balaban J connectivity index is 1.14. The minimum Gasteiger partial charge on any atom is -0.491 e. The molecule has 7 heteroatoms. The van der Waals surface area contributed by atoms with Gasteiger partial charge in [-0.15, -0.1) is 0 Å². The van der Waals surface area contributed by atoms with E-state index in [0.29, 0.717) is 12.5 Å². The van der Waals surface area contributed by atoms with Gasteiger partial charge in [-0.25, -0.2) is 4.98 Å². The van der Waals surface area contributed by atoms with Crippen LogP contribution < -0.4 is 10.1 Å². The van der Waals surface area contributed by atoms with E-state index in [1.807, 2.05) is 24.3 Å². The summed E-state index contributed by atoms with van der Waals surface area (Å²) in [5.41, 5.74) is 3.55. The van der Waals surface area contributed by atoms with Gasteiger partial charge in [-0.1, -0.05) is 18.2 Å². The molecule has 3 aliphatic heterocycles. The molecule has 2 aromatic rings. The summed E-state index contributed by atoms with van der Waals surface area (Å²) in [5, 5.41) is 13.0. The summed E-state index contributed by atoms with van der Waals surface area (Å²) in [6.45, 7) is 5.19. The lowest BCUT2D eigenvalue weighted by molar-refractivity contribution is -0.137. The molecule has 0 saturated carbocycles. The summed E-state index contributed by atoms with van der Waals surface area (Å²) in [6.07, 6.45) is 8.00. The average molecular weight is 494 g/mol. The number of anilines is 1. The third-order valence-corrected chi connectivity index (χ3v) is 7.82. The highest BCUT2D eigenvalue weighted by atomic mass is 16.5. The summed E-state index contributed by atoms with van der Waals surface area (Å²) in [7, 11) is 0. The van der Waals surface area contributed by atoms with E-state index in [0.717, 1.165) is 88.4 Å². The molecule has 36 heavy (non-hydrogen) atoms. The van der Waals surface area contributed by atoms with Crippen molar-refractivity contribution < 1.29 is 19.4 Å². The van der Waals surface area contributed by atoms with E-state index in [1.54, 1.807) is 0 Å². The van der Waals surface area contributed by atoms with Crippen molar-refractivity contribution in [3.05, 3.63) is 53.2 Å². The Morgan fingerprint density at radius 1 is 1.25 bits per heavy atom. The van der Waals surface area contributed by atoms with Crippen LogP contribution in [0, 0.1) is 5.92 Å². The summed E-state index contributed by atoms with van der Waals surface area (Å²) < 4.78 is 11.6. The van der Waals surface area contributed by atoms with Crippen LogP contribution in [-0.2, 0) is 22.4 Å². The number of carboxylic acid groups (broad SMARTS) is 1. The number of nitrogens with zero attached hydrogens (tertiary/aromatic N) is 2. The lowest BCUT2D eigenvalue weighted by atomic mass is 9.94. The van der Waals surface area contributed by atoms with Crippen LogP contribution in [0.2, 0.25) is 0 Å². The third kappa shape index (κ3) is 6.77. The molecular formula is C29H39N3O4. The normalized spacial score (nSPS) is 22.7. The molecule has 0 spiro atoms. The number of aliphatic carboxylic acids is 1. The minimum atomic E-state index is -0.756. The SMILES string of the molecule is O=C(O)CC(CN1CCC(CCc2ccc3c(n2)NCCC3)C1)c1cccc(OCC2CCCO2)c1. The van der Waals surface area contributed by atoms with Crippen LogP contribution in [-0.4, -0.2) is 66.5 Å². The second-order valence-electron chi connectivity index (χ2n) is 10.6. The maximum Gasteiger partial charge on any atom is 0.304 e. The van der Waals surface area contributed by atoms with E-state index >= 15 is 0 Å². The Morgan fingerprint density at radius 2 is 2.19 bits per heavy atom. The van der Waals surface area contributed by atoms with Gasteiger partial charge in [0.05, 0.1) is 12.5 Å². The quantitative estimate of drug-likeness (QED) is 0.476. The van der Waals surface area contributed by atoms with Crippen LogP contribution in [0.15, 0.2) is 36.4 Å². The minimum absolute atomic E-state index is 0.0547. The average Bonchev–Trinajstić information content (AvgIpc) is 3.58. The number of likely N-dealkylation sites (tertiary alicyclic amines) is 1. The van der Waals surface area contributed by atoms with Gasteiger partial charge < -0.3 is 24.8 Å². The highest BCUT2D eigenvalue weighted by molar-refractivity contribution is 5.68. The van der Waals surface area contributed by atoms with Gasteiger partial charge in [0, 0.05) is 37.9 Å². The van der Waals surface area contributed by atoms with Gasteiger partial charge in [-0.05, 0) is 86.7 Å². The Morgan fingerprint density at radius 3 is 3.06 bits per heavy atom. The first-order valence-corrected chi connectivity index (χ1v) is 13.6. The first-order chi connectivity index (χ1) is 17.6. The van der Waals surface area contributed by atoms with Crippen LogP contribution in [0.4, 0.5) is 5.82 Å². The van der Waals surface area contributed by atoms with E-state index < -0.39 is 5.97 Å². The summed E-state index contributed by atoms with van der Waals surface area (Å²) in [4.78, 5) is 19.0. The second-order valence-corrected chi connectivity index (χ2v) is 10.6. The molecule has 4 heterocycles. The zero-order valence-electron chi connectivity index (χ0n) is 21.2. The number of pyridine rings is 1. The van der Waals surface area contributed by atoms with E-state index in [9.17, 15) is 9.90 Å². The maximum atomic E-state index is 11.7. The second kappa shape index (κ2) is 12.1. The van der Waals surface area contributed by atoms with Crippen molar-refractivity contribution in [2.45, 2.75) is 63.4 Å². The molecule has 3 aliphatic rings. The maximum absolute atomic E-state index is 11.7. The van der Waals surface area contributed by atoms with Crippen molar-refractivity contribution in [3.63, 3.8) is 0 Å². The van der Waals surface area contributed by atoms with E-state index in [1.165, 1.54) is 17.7 Å². The fourth-order valence-corrected chi connectivity index (χ4v) is 5.81. The molecule has 0 bridgehead atoms. The number of hydrogen-bond acceptors (Lipinski definition) is 6. The lowest BCUT2D eigenvalue weighted by Crippen LogP contribution is -2.28. The fraction of sp³-hybridized carbons (Fsp3) is 0.586. The number of rotatable bonds is 11. The van der Waals surface area contributed by atoms with Crippen molar-refractivity contribution >= 4 is 11.8 Å². The van der Waals surface area contributed by atoms with Crippen LogP contribution in [0.1, 0.15) is 61.3 Å². The molecule has 2 saturated heterocycles. The van der Waals surface area contributed by atoms with E-state index in [-0.39, 0.29) is 18.4 Å². The molecule has 0 radical (unpaired) electrons. The monoisotopic (exact) mass is 493 g/mol. The van der Waals surface area contributed by atoms with E-state index in [2.05, 4.69) is 22.3 Å². The largest absolute Gasteiger partial charge is 0.491 e. The number of aryl methyl sites for hydroxylation is 2. The topological polar surface area (TPSA) is 83.9 Å². The Labute approximate surface area is 214 Å². The van der Waals surface area contributed by atoms with Gasteiger partial charge in [0.2, 0.25) is 0 Å². The first kappa shape index (κ1) is 25.0. The molecule has 3 atom stereocenters. The van der Waals surface area contributed by atoms with Crippen molar-refractivity contribution in [1.29, 1.82) is 0 Å². The van der Waals surface area contributed by atoms with Gasteiger partial charge >= 0.3 is 5.97 Å². The fourth-order valence-electron chi connectivity index (χ4n) is 5.81. The van der Waals surface area contributed by atoms with Crippen LogP contribution >= 0.6 is 0 Å². The van der Waals surface area contributed by atoms with Crippen LogP contribution in [0.25, 0.3) is 0 Å². The lowest BCUT2D eigenvalue weighted by Gasteiger charge is -2.24. The zero-order valence-corrected chi connectivity index (χ0v) is 21.2. The number of carboxylic acids is 1. The summed E-state index contributed by atoms with van der Waals surface area (Å²) in [5.74, 6) is 1.69. The summed E-state index contributed by atoms with van der Waals surface area (Å²) >= 11 is 0. The highest BCUT2D eigenvalue weighted by Crippen LogP contribution is 2.29. The molecule has 2 N–H and O–H groups in total. The van der Waals surface area contributed by atoms with Gasteiger partial charge in [0.1, 0.15) is 18.2 Å². The smallest absolute Gasteiger partial charge is 0.304 e. The first-order valence-electron chi connectivity index (χ1n) is 13.6. The molecule has 0 aliphatic carbocycles. The van der Waals surface area contributed by atoms with Crippen LogP contribution in [0.5, 0.6) is 5.75 Å². The number of fused-ring (bicyclic) bond motifs is 1. The predicted molar refractivity (Wildman–Crippen MR) is 140 cm³/mol.